The van der Waals surface area contributed by atoms with Crippen molar-refractivity contribution in [3.63, 3.8) is 0 Å². The van der Waals surface area contributed by atoms with Crippen molar-refractivity contribution in [2.24, 2.45) is 0 Å². The summed E-state index contributed by atoms with van der Waals surface area (Å²) in [6.07, 6.45) is 3.13. The molecular formula is C12H10BrN3O2. The second-order valence-corrected chi connectivity index (χ2v) is 4.53. The molecule has 92 valence electrons. The first kappa shape index (κ1) is 12.4. The van der Waals surface area contributed by atoms with Gasteiger partial charge in [-0.05, 0) is 40.2 Å². The summed E-state index contributed by atoms with van der Waals surface area (Å²) in [7, 11) is 0. The lowest BCUT2D eigenvalue weighted by Gasteiger charge is -2.07. The number of amides is 1. The molecule has 5 nitrogen and oxygen atoms in total. The lowest BCUT2D eigenvalue weighted by molar-refractivity contribution is 0.102. The monoisotopic (exact) mass is 307 g/mol. The number of aromatic hydroxyl groups is 1. The Labute approximate surface area is 112 Å². The third-order valence-electron chi connectivity index (χ3n) is 2.24. The molecule has 2 aromatic rings. The number of nitrogens with zero attached hydrogens (tertiary/aromatic N) is 1. The van der Waals surface area contributed by atoms with Crippen molar-refractivity contribution in [3.8, 4) is 5.75 Å². The molecule has 6 heteroatoms. The highest BCUT2D eigenvalue weighted by atomic mass is 79.9. The van der Waals surface area contributed by atoms with E-state index in [1.54, 1.807) is 12.3 Å². The number of phenols is 1. The second-order valence-electron chi connectivity index (χ2n) is 3.62. The highest BCUT2D eigenvalue weighted by molar-refractivity contribution is 9.10. The molecule has 1 amide bonds. The van der Waals surface area contributed by atoms with Gasteiger partial charge in [-0.25, -0.2) is 0 Å². The standard InChI is InChI=1S/C12H10BrN3O2/c13-7-3-8(6-15-5-7)16-12(18)10-4-9(17)1-2-11(10)14/h1-6,17H,14H2,(H,16,18). The maximum absolute atomic E-state index is 12.0. The average molecular weight is 308 g/mol. The van der Waals surface area contributed by atoms with Gasteiger partial charge in [0.05, 0.1) is 17.4 Å². The molecule has 0 aliphatic heterocycles. The van der Waals surface area contributed by atoms with Crippen molar-refractivity contribution in [1.29, 1.82) is 0 Å². The first-order valence-electron chi connectivity index (χ1n) is 5.06. The van der Waals surface area contributed by atoms with Gasteiger partial charge in [-0.15, -0.1) is 0 Å². The number of nitrogens with two attached hydrogens (primary N) is 1. The van der Waals surface area contributed by atoms with Crippen LogP contribution in [0.1, 0.15) is 10.4 Å². The summed E-state index contributed by atoms with van der Waals surface area (Å²) in [5.74, 6) is -0.412. The van der Waals surface area contributed by atoms with E-state index in [-0.39, 0.29) is 11.3 Å². The van der Waals surface area contributed by atoms with Crippen LogP contribution in [0.4, 0.5) is 11.4 Å². The number of aromatic nitrogens is 1. The number of halogens is 1. The number of hydrogen-bond acceptors (Lipinski definition) is 4. The molecule has 0 saturated carbocycles. The summed E-state index contributed by atoms with van der Waals surface area (Å²) >= 11 is 3.26. The number of carbonyl (C=O) groups is 1. The lowest BCUT2D eigenvalue weighted by Crippen LogP contribution is -2.14. The van der Waals surface area contributed by atoms with E-state index >= 15 is 0 Å². The Kier molecular flexibility index (Phi) is 3.47. The van der Waals surface area contributed by atoms with Crippen molar-refractivity contribution < 1.29 is 9.90 Å². The van der Waals surface area contributed by atoms with Gasteiger partial charge < -0.3 is 16.2 Å². The Morgan fingerprint density at radius 1 is 1.33 bits per heavy atom. The van der Waals surface area contributed by atoms with Gasteiger partial charge in [0.2, 0.25) is 0 Å². The molecule has 0 saturated heterocycles. The largest absolute Gasteiger partial charge is 0.508 e. The van der Waals surface area contributed by atoms with Gasteiger partial charge in [0.25, 0.3) is 5.91 Å². The number of phenolic OH excluding ortho intramolecular Hbond substituents is 1. The van der Waals surface area contributed by atoms with E-state index in [4.69, 9.17) is 5.73 Å². The number of nitrogen functional groups attached to an aromatic ring is 1. The van der Waals surface area contributed by atoms with Crippen LogP contribution in [-0.4, -0.2) is 16.0 Å². The van der Waals surface area contributed by atoms with Gasteiger partial charge in [-0.3, -0.25) is 9.78 Å². The Morgan fingerprint density at radius 2 is 2.11 bits per heavy atom. The Bertz CT molecular complexity index is 602. The molecule has 0 spiro atoms. The van der Waals surface area contributed by atoms with Crippen LogP contribution in [0.25, 0.3) is 0 Å². The Morgan fingerprint density at radius 3 is 2.83 bits per heavy atom. The van der Waals surface area contributed by atoms with Crippen LogP contribution < -0.4 is 11.1 Å². The van der Waals surface area contributed by atoms with Crippen LogP contribution in [0.5, 0.6) is 5.75 Å². The number of hydrogen-bond donors (Lipinski definition) is 3. The molecule has 1 aromatic carbocycles. The number of rotatable bonds is 2. The smallest absolute Gasteiger partial charge is 0.257 e. The molecule has 0 aliphatic carbocycles. The molecular weight excluding hydrogens is 298 g/mol. The zero-order chi connectivity index (χ0) is 13.1. The minimum atomic E-state index is -0.400. The van der Waals surface area contributed by atoms with Crippen molar-refractivity contribution in [3.05, 3.63) is 46.7 Å². The number of anilines is 2. The average Bonchev–Trinajstić information content (AvgIpc) is 2.32. The van der Waals surface area contributed by atoms with Gasteiger partial charge >= 0.3 is 0 Å². The highest BCUT2D eigenvalue weighted by Gasteiger charge is 2.11. The first-order chi connectivity index (χ1) is 8.56. The summed E-state index contributed by atoms with van der Waals surface area (Å²) in [6.45, 7) is 0. The topological polar surface area (TPSA) is 88.2 Å². The molecule has 18 heavy (non-hydrogen) atoms. The predicted molar refractivity (Wildman–Crippen MR) is 72.4 cm³/mol. The number of benzene rings is 1. The minimum absolute atomic E-state index is 0.0123. The zero-order valence-corrected chi connectivity index (χ0v) is 10.8. The van der Waals surface area contributed by atoms with Gasteiger partial charge in [0.15, 0.2) is 0 Å². The summed E-state index contributed by atoms with van der Waals surface area (Å²) < 4.78 is 0.754. The molecule has 0 atom stereocenters. The minimum Gasteiger partial charge on any atom is -0.508 e. The third kappa shape index (κ3) is 2.78. The molecule has 0 bridgehead atoms. The van der Waals surface area contributed by atoms with E-state index in [9.17, 15) is 9.90 Å². The van der Waals surface area contributed by atoms with Crippen molar-refractivity contribution in [2.45, 2.75) is 0 Å². The van der Waals surface area contributed by atoms with Gasteiger partial charge in [-0.1, -0.05) is 0 Å². The maximum Gasteiger partial charge on any atom is 0.257 e. The summed E-state index contributed by atoms with van der Waals surface area (Å²) in [6, 6.07) is 5.93. The second kappa shape index (κ2) is 5.05. The molecule has 2 rings (SSSR count). The maximum atomic E-state index is 12.0. The number of pyridine rings is 1. The van der Waals surface area contributed by atoms with Crippen molar-refractivity contribution in [2.75, 3.05) is 11.1 Å². The SMILES string of the molecule is Nc1ccc(O)cc1C(=O)Nc1cncc(Br)c1. The zero-order valence-electron chi connectivity index (χ0n) is 9.22. The Balaban J connectivity index is 2.24. The molecule has 4 N–H and O–H groups in total. The van der Waals surface area contributed by atoms with Gasteiger partial charge in [-0.2, -0.15) is 0 Å². The predicted octanol–water partition coefficient (Wildman–Crippen LogP) is 2.38. The van der Waals surface area contributed by atoms with Crippen LogP contribution in [0.2, 0.25) is 0 Å². The van der Waals surface area contributed by atoms with Crippen molar-refractivity contribution in [1.82, 2.24) is 4.98 Å². The van der Waals surface area contributed by atoms with Gasteiger partial charge in [0.1, 0.15) is 5.75 Å². The van der Waals surface area contributed by atoms with Crippen LogP contribution in [0, 0.1) is 0 Å². The molecule has 0 unspecified atom stereocenters. The first-order valence-corrected chi connectivity index (χ1v) is 5.86. The molecule has 1 heterocycles. The van der Waals surface area contributed by atoms with E-state index in [0.29, 0.717) is 11.4 Å². The summed E-state index contributed by atoms with van der Waals surface area (Å²) in [4.78, 5) is 15.9. The number of nitrogens with one attached hydrogen (secondary N) is 1. The summed E-state index contributed by atoms with van der Waals surface area (Å²) in [5.41, 5.74) is 6.73. The van der Waals surface area contributed by atoms with E-state index < -0.39 is 5.91 Å². The molecule has 0 radical (unpaired) electrons. The highest BCUT2D eigenvalue weighted by Crippen LogP contribution is 2.20. The molecule has 0 fully saturated rings. The van der Waals surface area contributed by atoms with Crippen LogP contribution >= 0.6 is 15.9 Å². The fourth-order valence-electron chi connectivity index (χ4n) is 1.42. The van der Waals surface area contributed by atoms with Crippen LogP contribution in [0.3, 0.4) is 0 Å². The van der Waals surface area contributed by atoms with E-state index in [1.807, 2.05) is 0 Å². The molecule has 0 aliphatic rings. The van der Waals surface area contributed by atoms with Crippen LogP contribution in [-0.2, 0) is 0 Å². The summed E-state index contributed by atoms with van der Waals surface area (Å²) in [5, 5.41) is 12.0. The van der Waals surface area contributed by atoms with E-state index in [1.165, 1.54) is 24.4 Å². The van der Waals surface area contributed by atoms with Crippen molar-refractivity contribution >= 4 is 33.2 Å². The van der Waals surface area contributed by atoms with Crippen LogP contribution in [0.15, 0.2) is 41.1 Å². The van der Waals surface area contributed by atoms with E-state index in [2.05, 4.69) is 26.2 Å². The number of carbonyl (C=O) groups excluding carboxylic acids is 1. The molecule has 1 aromatic heterocycles. The quantitative estimate of drug-likeness (QED) is 0.587. The van der Waals surface area contributed by atoms with Gasteiger partial charge in [0, 0.05) is 16.4 Å². The fraction of sp³-hybridized carbons (Fsp3) is 0. The lowest BCUT2D eigenvalue weighted by atomic mass is 10.1. The third-order valence-corrected chi connectivity index (χ3v) is 2.68. The Hall–Kier alpha value is -2.08. The fourth-order valence-corrected chi connectivity index (χ4v) is 1.78. The normalized spacial score (nSPS) is 10.1. The van der Waals surface area contributed by atoms with E-state index in [0.717, 1.165) is 4.47 Å².